The molecule has 36 nitrogen and oxygen atoms in total. The van der Waals surface area contributed by atoms with Crippen LogP contribution in [-0.2, 0) is 0 Å². The molecule has 12 aliphatic heterocycles. The maximum absolute atomic E-state index is 9.12. The largest absolute Gasteiger partial charge is 0.397 e. The molecule has 16 rings (SSSR count). The van der Waals surface area contributed by atoms with Crippen molar-refractivity contribution in [3.63, 3.8) is 0 Å². The van der Waals surface area contributed by atoms with E-state index in [4.69, 9.17) is 63.3 Å². The standard InChI is InChI=1S/C29H55N9O2.C28H53N9O2.C28H51N7.C26H47N7/c30-27-25-28-29(32-26-27)38(10-6-31-5-9-34-13-17-36(18-14-34)22-24-40)20-19-37(28)8-4-2-1-3-7-33-11-15-35(16-12-33)21-23-39;29-26-24-27-28(31-25-26)37(9-5-30-4-8-33-12-16-35(17-13-33)21-23-39)19-18-36(27)7-3-1-2-6-32-10-14-34(15-11-32)20-22-38;29-26-24-27-28(31-25-26)35(21-13-30-12-11-19-33-17-8-4-9-18-33)23-22-34(27)20-10-2-1-5-14-32-15-6-3-7-16-32;27-24-22-25-26(29-23-24)33(19-11-28-10-18-31-15-6-2-7-16-31)21-20-32(25)17-9-3-8-14-30-12-4-1-5-13-30/h25-26,31,39-40H,1-24,30H2;24-25,30,38-39H,1-23,29H2;24-25,30H,1-23,29H2;22-23,28H,1-21,27H2. The van der Waals surface area contributed by atoms with E-state index < -0.39 is 0 Å². The zero-order valence-corrected chi connectivity index (χ0v) is 91.8. The van der Waals surface area contributed by atoms with Gasteiger partial charge in [0.15, 0.2) is 23.3 Å². The summed E-state index contributed by atoms with van der Waals surface area (Å²) in [6.45, 7) is 66.3. The molecule has 36 heteroatoms. The van der Waals surface area contributed by atoms with E-state index in [2.05, 4.69) is 144 Å². The molecule has 4 aromatic heterocycles. The summed E-state index contributed by atoms with van der Waals surface area (Å²) in [5, 5.41) is 51.0. The lowest BCUT2D eigenvalue weighted by Gasteiger charge is -2.38. The third kappa shape index (κ3) is 42.7. The number of pyridine rings is 4. The highest BCUT2D eigenvalue weighted by Crippen LogP contribution is 2.38. The van der Waals surface area contributed by atoms with Crippen LogP contribution in [0.5, 0.6) is 0 Å². The lowest BCUT2D eigenvalue weighted by Crippen LogP contribution is -2.49. The number of rotatable bonds is 59. The molecule has 0 aromatic carbocycles. The Labute approximate surface area is 888 Å². The van der Waals surface area contributed by atoms with E-state index in [0.29, 0.717) is 0 Å². The van der Waals surface area contributed by atoms with Crippen LogP contribution < -0.4 is 83.4 Å². The molecule has 0 aliphatic carbocycles. The predicted molar refractivity (Wildman–Crippen MR) is 614 cm³/mol. The van der Waals surface area contributed by atoms with Crippen LogP contribution in [-0.4, -0.2) is 518 Å². The third-order valence-electron chi connectivity index (χ3n) is 32.9. The van der Waals surface area contributed by atoms with E-state index in [9.17, 15) is 0 Å². The Hall–Kier alpha value is -6.60. The lowest BCUT2D eigenvalue weighted by molar-refractivity contribution is 0.111. The highest BCUT2D eigenvalue weighted by molar-refractivity contribution is 5.76. The van der Waals surface area contributed by atoms with Crippen molar-refractivity contribution in [3.8, 4) is 0 Å². The molecule has 12 aliphatic rings. The second-order valence-corrected chi connectivity index (χ2v) is 43.9. The Bertz CT molecular complexity index is 4070. The molecular formula is C111H206N32O4. The van der Waals surface area contributed by atoms with Crippen LogP contribution in [0.2, 0.25) is 0 Å². The van der Waals surface area contributed by atoms with Crippen LogP contribution in [0.25, 0.3) is 0 Å². The Kier molecular flexibility index (Phi) is 55.3. The number of nitrogens with one attached hydrogen (secondary N) is 4. The van der Waals surface area contributed by atoms with Crippen molar-refractivity contribution in [2.75, 3.05) is 481 Å². The minimum absolute atomic E-state index is 0.256. The van der Waals surface area contributed by atoms with E-state index in [1.165, 1.54) is 288 Å². The Morgan fingerprint density at radius 3 is 0.592 bits per heavy atom. The molecule has 834 valence electrons. The minimum atomic E-state index is 0.256. The summed E-state index contributed by atoms with van der Waals surface area (Å²) in [5.41, 5.74) is 32.4. The van der Waals surface area contributed by atoms with Gasteiger partial charge in [0, 0.05) is 301 Å². The first-order valence-electron chi connectivity index (χ1n) is 59.4. The van der Waals surface area contributed by atoms with E-state index in [1.807, 2.05) is 12.4 Å². The van der Waals surface area contributed by atoms with Crippen LogP contribution in [0.4, 0.5) is 68.8 Å². The van der Waals surface area contributed by atoms with Crippen molar-refractivity contribution in [1.82, 2.24) is 100 Å². The van der Waals surface area contributed by atoms with Crippen LogP contribution in [0.3, 0.4) is 0 Å². The number of piperidine rings is 4. The van der Waals surface area contributed by atoms with Gasteiger partial charge in [-0.1, -0.05) is 64.2 Å². The summed E-state index contributed by atoms with van der Waals surface area (Å²) in [6, 6.07) is 8.47. The molecule has 0 bridgehead atoms. The lowest BCUT2D eigenvalue weighted by atomic mass is 10.1. The molecular weight excluding hydrogens is 1850 g/mol. The predicted octanol–water partition coefficient (Wildman–Crippen LogP) is 5.75. The van der Waals surface area contributed by atoms with Gasteiger partial charge in [0.2, 0.25) is 0 Å². The zero-order chi connectivity index (χ0) is 102. The SMILES string of the molecule is Nc1cnc2c(c1)N(CCCCCCN1CCCCC1)CCN2CCNCCCN1CCCCC1.Nc1cnc2c(c1)N(CCCCCCN1CCN(CCO)CC1)CCN2CCNCCN1CCN(CCO)CC1.Nc1cnc2c(c1)N(CCCCCN1CCCCC1)CCN2CCNCCN1CCCCC1.Nc1cnc2c(c1)N(CCCCCN1CCN(CCO)CC1)CCN2CCNCCN1CCN(CCO)CC1. The number of nitrogens with zero attached hydrogens (tertiary/aromatic N) is 24. The van der Waals surface area contributed by atoms with Crippen molar-refractivity contribution in [2.24, 2.45) is 0 Å². The number of β-amino-alcohol motifs (C(OH)–C–C–N with tert-alkyl or cyclic N) is 4. The molecule has 0 atom stereocenters. The summed E-state index contributed by atoms with van der Waals surface area (Å²) in [7, 11) is 0. The molecule has 8 saturated heterocycles. The van der Waals surface area contributed by atoms with Crippen LogP contribution in [0.15, 0.2) is 49.1 Å². The summed E-state index contributed by atoms with van der Waals surface area (Å²) in [4.78, 5) is 68.8. The molecule has 16 heterocycles. The van der Waals surface area contributed by atoms with Crippen molar-refractivity contribution in [1.29, 1.82) is 0 Å². The van der Waals surface area contributed by atoms with Gasteiger partial charge in [-0.2, -0.15) is 0 Å². The maximum Gasteiger partial charge on any atom is 0.152 e. The van der Waals surface area contributed by atoms with Gasteiger partial charge < -0.3 is 133 Å². The average molecular weight is 2050 g/mol. The van der Waals surface area contributed by atoms with Gasteiger partial charge in [-0.15, -0.1) is 0 Å². The first-order chi connectivity index (χ1) is 72.4. The molecule has 4 aromatic rings. The van der Waals surface area contributed by atoms with E-state index >= 15 is 0 Å². The minimum Gasteiger partial charge on any atom is -0.397 e. The van der Waals surface area contributed by atoms with Crippen LogP contribution >= 0.6 is 0 Å². The van der Waals surface area contributed by atoms with Crippen molar-refractivity contribution in [3.05, 3.63) is 49.1 Å². The molecule has 0 radical (unpaired) electrons. The molecule has 8 fully saturated rings. The van der Waals surface area contributed by atoms with Gasteiger partial charge in [0.05, 0.1) is 96.7 Å². The summed E-state index contributed by atoms with van der Waals surface area (Å²) < 4.78 is 0. The Morgan fingerprint density at radius 1 is 0.177 bits per heavy atom. The topological polar surface area (TPSA) is 349 Å². The van der Waals surface area contributed by atoms with Gasteiger partial charge in [-0.05, 0) is 225 Å². The molecule has 0 saturated carbocycles. The maximum atomic E-state index is 9.12. The van der Waals surface area contributed by atoms with E-state index in [1.54, 1.807) is 12.4 Å². The quantitative estimate of drug-likeness (QED) is 0.0234. The second-order valence-electron chi connectivity index (χ2n) is 43.9. The number of aliphatic hydroxyl groups excluding tert-OH is 4. The van der Waals surface area contributed by atoms with Crippen molar-refractivity contribution in [2.45, 2.75) is 173 Å². The summed E-state index contributed by atoms with van der Waals surface area (Å²) in [5.74, 6) is 4.37. The fourth-order valence-corrected chi connectivity index (χ4v) is 23.8. The van der Waals surface area contributed by atoms with Crippen molar-refractivity contribution < 1.29 is 20.4 Å². The van der Waals surface area contributed by atoms with Gasteiger partial charge in [0.1, 0.15) is 0 Å². The number of hydrogen-bond acceptors (Lipinski definition) is 36. The molecule has 0 spiro atoms. The number of likely N-dealkylation sites (tertiary alicyclic amines) is 4. The monoisotopic (exact) mass is 2050 g/mol. The highest BCUT2D eigenvalue weighted by atomic mass is 16.3. The number of anilines is 12. The van der Waals surface area contributed by atoms with Crippen LogP contribution in [0, 0.1) is 0 Å². The molecule has 0 unspecified atom stereocenters. The van der Waals surface area contributed by atoms with Gasteiger partial charge in [-0.25, -0.2) is 19.9 Å². The molecule has 0 amide bonds. The van der Waals surface area contributed by atoms with Gasteiger partial charge in [0.25, 0.3) is 0 Å². The summed E-state index contributed by atoms with van der Waals surface area (Å²) in [6.07, 6.45) is 43.1. The first kappa shape index (κ1) is 117. The number of aliphatic hydroxyl groups is 4. The van der Waals surface area contributed by atoms with Gasteiger partial charge >= 0.3 is 0 Å². The number of fused-ring (bicyclic) bond motifs is 4. The number of unbranched alkanes of at least 4 members (excludes halogenated alkanes) is 10. The number of piperazine rings is 4. The molecule has 16 N–H and O–H groups in total. The van der Waals surface area contributed by atoms with Crippen molar-refractivity contribution >= 4 is 68.8 Å². The fourth-order valence-electron chi connectivity index (χ4n) is 23.8. The number of hydrogen-bond donors (Lipinski definition) is 12. The normalized spacial score (nSPS) is 20.0. The third-order valence-corrected chi connectivity index (χ3v) is 32.9. The number of nitrogen functional groups attached to an aromatic ring is 4. The summed E-state index contributed by atoms with van der Waals surface area (Å²) >= 11 is 0. The van der Waals surface area contributed by atoms with E-state index in [-0.39, 0.29) is 26.4 Å². The fraction of sp³-hybridized carbons (Fsp3) is 0.820. The van der Waals surface area contributed by atoms with E-state index in [0.717, 1.165) is 347 Å². The average Bonchev–Trinajstić information content (AvgIpc) is 0.807. The highest BCUT2D eigenvalue weighted by Gasteiger charge is 2.32. The van der Waals surface area contributed by atoms with Gasteiger partial charge in [-0.3, -0.25) is 29.4 Å². The molecule has 147 heavy (non-hydrogen) atoms. The smallest absolute Gasteiger partial charge is 0.152 e. The zero-order valence-electron chi connectivity index (χ0n) is 91.8. The number of nitrogens with two attached hydrogens (primary N) is 4. The number of aromatic nitrogens is 4. The van der Waals surface area contributed by atoms with Crippen LogP contribution in [0.1, 0.15) is 173 Å². The Morgan fingerprint density at radius 2 is 0.354 bits per heavy atom. The first-order valence-corrected chi connectivity index (χ1v) is 59.4. The second kappa shape index (κ2) is 69.2. The Balaban J connectivity index is 0.000000164.